The smallest absolute Gasteiger partial charge is 0.253 e. The van der Waals surface area contributed by atoms with Gasteiger partial charge in [0.2, 0.25) is 0 Å². The van der Waals surface area contributed by atoms with Crippen molar-refractivity contribution in [3.63, 3.8) is 0 Å². The number of piperidine rings is 1. The molecule has 0 aromatic heterocycles. The van der Waals surface area contributed by atoms with Crippen LogP contribution in [0.15, 0.2) is 24.3 Å². The van der Waals surface area contributed by atoms with Crippen LogP contribution in [0.25, 0.3) is 0 Å². The molecule has 25 heavy (non-hydrogen) atoms. The number of hydrogen-bond acceptors (Lipinski definition) is 3. The van der Waals surface area contributed by atoms with Gasteiger partial charge in [-0.05, 0) is 37.8 Å². The first-order valence-corrected chi connectivity index (χ1v) is 9.48. The molecule has 3 fully saturated rings. The van der Waals surface area contributed by atoms with E-state index in [4.69, 9.17) is 4.74 Å². The molecule has 2 aliphatic heterocycles. The predicted octanol–water partition coefficient (Wildman–Crippen LogP) is 2.92. The van der Waals surface area contributed by atoms with Crippen LogP contribution < -0.4 is 0 Å². The molecule has 2 heterocycles. The van der Waals surface area contributed by atoms with Crippen molar-refractivity contribution in [3.05, 3.63) is 35.4 Å². The highest BCUT2D eigenvalue weighted by Crippen LogP contribution is 2.58. The summed E-state index contributed by atoms with van der Waals surface area (Å²) in [7, 11) is 0. The van der Waals surface area contributed by atoms with Crippen molar-refractivity contribution in [2.75, 3.05) is 45.9 Å². The highest BCUT2D eigenvalue weighted by Gasteiger charge is 2.60. The van der Waals surface area contributed by atoms with E-state index >= 15 is 0 Å². The highest BCUT2D eigenvalue weighted by atomic mass is 19.3. The Labute approximate surface area is 148 Å². The Bertz CT molecular complexity index is 588. The summed E-state index contributed by atoms with van der Waals surface area (Å²) in [5.41, 5.74) is 3.02. The Hall–Kier alpha value is -1.04. The van der Waals surface area contributed by atoms with E-state index in [1.807, 2.05) is 4.90 Å². The van der Waals surface area contributed by atoms with Crippen LogP contribution in [0.3, 0.4) is 0 Å². The summed E-state index contributed by atoms with van der Waals surface area (Å²) in [6, 6.07) is 8.26. The van der Waals surface area contributed by atoms with Gasteiger partial charge in [0, 0.05) is 31.6 Å². The molecular weight excluding hydrogens is 322 g/mol. The molecule has 2 saturated heterocycles. The van der Waals surface area contributed by atoms with Crippen molar-refractivity contribution < 1.29 is 13.5 Å². The van der Waals surface area contributed by atoms with E-state index in [0.717, 1.165) is 19.6 Å². The molecule has 4 rings (SSSR count). The third-order valence-corrected chi connectivity index (χ3v) is 6.39. The first-order chi connectivity index (χ1) is 12.1. The van der Waals surface area contributed by atoms with Crippen LogP contribution in [0, 0.1) is 12.8 Å². The number of aryl methyl sites for hydroxylation is 1. The van der Waals surface area contributed by atoms with Crippen molar-refractivity contribution in [2.24, 2.45) is 5.92 Å². The molecule has 5 heteroatoms. The van der Waals surface area contributed by atoms with E-state index in [2.05, 4.69) is 36.1 Å². The third kappa shape index (κ3) is 3.46. The Morgan fingerprint density at radius 1 is 1.20 bits per heavy atom. The van der Waals surface area contributed by atoms with E-state index in [-0.39, 0.29) is 0 Å². The van der Waals surface area contributed by atoms with Crippen LogP contribution in [-0.4, -0.2) is 68.2 Å². The van der Waals surface area contributed by atoms with Crippen molar-refractivity contribution in [1.29, 1.82) is 0 Å². The van der Waals surface area contributed by atoms with E-state index in [1.54, 1.807) is 0 Å². The van der Waals surface area contributed by atoms with Crippen LogP contribution in [0.4, 0.5) is 8.78 Å². The van der Waals surface area contributed by atoms with Crippen molar-refractivity contribution >= 4 is 0 Å². The second-order valence-electron chi connectivity index (χ2n) is 8.00. The van der Waals surface area contributed by atoms with Crippen LogP contribution in [-0.2, 0) is 10.2 Å². The molecular formula is C20H28F2N2O. The zero-order valence-corrected chi connectivity index (χ0v) is 15.0. The van der Waals surface area contributed by atoms with Crippen LogP contribution in [0.1, 0.15) is 24.0 Å². The van der Waals surface area contributed by atoms with Crippen LogP contribution >= 0.6 is 0 Å². The summed E-state index contributed by atoms with van der Waals surface area (Å²) in [4.78, 5) is 4.32. The maximum Gasteiger partial charge on any atom is 0.253 e. The fraction of sp³-hybridized carbons (Fsp3) is 0.700. The van der Waals surface area contributed by atoms with E-state index in [1.165, 1.54) is 17.5 Å². The van der Waals surface area contributed by atoms with Gasteiger partial charge in [-0.1, -0.05) is 29.8 Å². The van der Waals surface area contributed by atoms with Gasteiger partial charge in [0.05, 0.1) is 19.3 Å². The van der Waals surface area contributed by atoms with Gasteiger partial charge < -0.3 is 9.64 Å². The summed E-state index contributed by atoms with van der Waals surface area (Å²) >= 11 is 0. The normalized spacial score (nSPS) is 31.3. The second kappa shape index (κ2) is 6.93. The molecule has 1 aliphatic carbocycles. The van der Waals surface area contributed by atoms with E-state index < -0.39 is 12.5 Å². The van der Waals surface area contributed by atoms with Gasteiger partial charge in [0.1, 0.15) is 0 Å². The lowest BCUT2D eigenvalue weighted by Gasteiger charge is -2.35. The second-order valence-corrected chi connectivity index (χ2v) is 8.00. The minimum atomic E-state index is -2.28. The van der Waals surface area contributed by atoms with Gasteiger partial charge >= 0.3 is 0 Å². The summed E-state index contributed by atoms with van der Waals surface area (Å²) in [6.07, 6.45) is -0.468. The number of hydrogen-bond donors (Lipinski definition) is 0. The fourth-order valence-corrected chi connectivity index (χ4v) is 4.78. The summed E-state index contributed by atoms with van der Waals surface area (Å²) < 4.78 is 32.3. The minimum Gasteiger partial charge on any atom is -0.379 e. The number of halogens is 2. The maximum absolute atomic E-state index is 13.5. The molecule has 1 aromatic rings. The molecule has 1 aromatic carbocycles. The number of ether oxygens (including phenoxy) is 1. The summed E-state index contributed by atoms with van der Waals surface area (Å²) in [5, 5.41) is 0. The zero-order chi connectivity index (χ0) is 17.4. The minimum absolute atomic E-state index is 0.299. The van der Waals surface area contributed by atoms with E-state index in [9.17, 15) is 8.78 Å². The van der Waals surface area contributed by atoms with Gasteiger partial charge in [-0.3, -0.25) is 4.90 Å². The largest absolute Gasteiger partial charge is 0.379 e. The maximum atomic E-state index is 13.5. The van der Waals surface area contributed by atoms with Crippen LogP contribution in [0.2, 0.25) is 0 Å². The van der Waals surface area contributed by atoms with Gasteiger partial charge in [-0.15, -0.1) is 0 Å². The quantitative estimate of drug-likeness (QED) is 0.785. The number of morpholine rings is 1. The van der Waals surface area contributed by atoms with Gasteiger partial charge in [-0.2, -0.15) is 0 Å². The number of rotatable bonds is 6. The summed E-state index contributed by atoms with van der Waals surface area (Å²) in [6.45, 7) is 7.39. The van der Waals surface area contributed by atoms with E-state index in [0.29, 0.717) is 44.1 Å². The predicted molar refractivity (Wildman–Crippen MR) is 94.2 cm³/mol. The first-order valence-electron chi connectivity index (χ1n) is 9.48. The Balaban J connectivity index is 1.34. The van der Waals surface area contributed by atoms with Gasteiger partial charge in [-0.25, -0.2) is 8.78 Å². The number of nitrogens with zero attached hydrogens (tertiary/aromatic N) is 2. The lowest BCUT2D eigenvalue weighted by Crippen LogP contribution is -2.48. The lowest BCUT2D eigenvalue weighted by atomic mass is 9.94. The molecule has 0 N–H and O–H groups in total. The number of likely N-dealkylation sites (tertiary alicyclic amines) is 1. The SMILES string of the molecule is Cc1ccc(C23CC2CN(CCC(C(F)F)N2CCOCC2)C3)cc1. The standard InChI is InChI=1S/C20H28F2N2O/c1-15-2-4-16(5-3-15)20-12-17(20)13-23(14-20)7-6-18(19(21)22)24-8-10-25-11-9-24/h2-5,17-19H,6-14H2,1H3. The molecule has 0 bridgehead atoms. The molecule has 0 spiro atoms. The molecule has 0 radical (unpaired) electrons. The fourth-order valence-electron chi connectivity index (χ4n) is 4.78. The topological polar surface area (TPSA) is 15.7 Å². The first kappa shape index (κ1) is 17.4. The Morgan fingerprint density at radius 3 is 2.60 bits per heavy atom. The molecule has 3 atom stereocenters. The third-order valence-electron chi connectivity index (χ3n) is 6.39. The van der Waals surface area contributed by atoms with Crippen molar-refractivity contribution in [1.82, 2.24) is 9.80 Å². The van der Waals surface area contributed by atoms with Crippen LogP contribution in [0.5, 0.6) is 0 Å². The van der Waals surface area contributed by atoms with Gasteiger partial charge in [0.15, 0.2) is 0 Å². The summed E-state index contributed by atoms with van der Waals surface area (Å²) in [5.74, 6) is 0.712. The molecule has 3 unspecified atom stereocenters. The molecule has 0 amide bonds. The zero-order valence-electron chi connectivity index (χ0n) is 15.0. The average molecular weight is 350 g/mol. The molecule has 3 aliphatic rings. The number of alkyl halides is 2. The Kier molecular flexibility index (Phi) is 4.82. The molecule has 1 saturated carbocycles. The monoisotopic (exact) mass is 350 g/mol. The molecule has 138 valence electrons. The van der Waals surface area contributed by atoms with Crippen molar-refractivity contribution in [3.8, 4) is 0 Å². The Morgan fingerprint density at radius 2 is 1.92 bits per heavy atom. The average Bonchev–Trinajstić information content (AvgIpc) is 3.18. The number of benzene rings is 1. The molecule has 3 nitrogen and oxygen atoms in total. The van der Waals surface area contributed by atoms with Gasteiger partial charge in [0.25, 0.3) is 6.43 Å². The highest BCUT2D eigenvalue weighted by molar-refractivity contribution is 5.38. The van der Waals surface area contributed by atoms with Crippen molar-refractivity contribution in [2.45, 2.75) is 37.6 Å². The lowest BCUT2D eigenvalue weighted by molar-refractivity contribution is -0.0382. The number of fused-ring (bicyclic) bond motifs is 1.